The van der Waals surface area contributed by atoms with E-state index in [0.29, 0.717) is 13.0 Å². The SMILES string of the molecule is CCOC(=O)C=C[C@H](C[C@@H]1CCNC1=O)NC(=O)[C@H](CC(C)C)NC(=O)[C@H](CO)NC(=O)OCc1ccccc1. The monoisotopic (exact) mass is 560 g/mol. The number of carbonyl (C=O) groups is 5. The van der Waals surface area contributed by atoms with Gasteiger partial charge in [0.25, 0.3) is 0 Å². The molecule has 4 amide bonds. The predicted octanol–water partition coefficient (Wildman–Crippen LogP) is 0.935. The summed E-state index contributed by atoms with van der Waals surface area (Å²) in [5.41, 5.74) is 0.748. The first kappa shape index (κ1) is 32.3. The van der Waals surface area contributed by atoms with Crippen LogP contribution in [0.5, 0.6) is 0 Å². The summed E-state index contributed by atoms with van der Waals surface area (Å²) in [5.74, 6) is -2.37. The van der Waals surface area contributed by atoms with Gasteiger partial charge in [-0.3, -0.25) is 14.4 Å². The Bertz CT molecular complexity index is 1030. The van der Waals surface area contributed by atoms with Crippen molar-refractivity contribution in [3.05, 3.63) is 48.0 Å². The molecular weight excluding hydrogens is 520 g/mol. The van der Waals surface area contributed by atoms with Crippen LogP contribution in [0.4, 0.5) is 4.79 Å². The molecule has 1 heterocycles. The van der Waals surface area contributed by atoms with Crippen LogP contribution in [-0.4, -0.2) is 72.8 Å². The average molecular weight is 561 g/mol. The van der Waals surface area contributed by atoms with Crippen molar-refractivity contribution in [1.29, 1.82) is 0 Å². The summed E-state index contributed by atoms with van der Waals surface area (Å²) in [6.45, 7) is 5.39. The molecule has 0 spiro atoms. The van der Waals surface area contributed by atoms with Gasteiger partial charge in [-0.1, -0.05) is 50.3 Å². The Morgan fingerprint density at radius 1 is 1.05 bits per heavy atom. The Morgan fingerprint density at radius 3 is 2.35 bits per heavy atom. The van der Waals surface area contributed by atoms with Crippen molar-refractivity contribution < 1.29 is 38.6 Å². The minimum absolute atomic E-state index is 0.00144. The predicted molar refractivity (Wildman–Crippen MR) is 145 cm³/mol. The number of rotatable bonds is 15. The Kier molecular flexibility index (Phi) is 13.6. The Morgan fingerprint density at radius 2 is 1.75 bits per heavy atom. The fourth-order valence-electron chi connectivity index (χ4n) is 4.11. The summed E-state index contributed by atoms with van der Waals surface area (Å²) in [6.07, 6.45) is 2.87. The fourth-order valence-corrected chi connectivity index (χ4v) is 4.11. The maximum absolute atomic E-state index is 13.3. The summed E-state index contributed by atoms with van der Waals surface area (Å²) in [4.78, 5) is 62.4. The molecule has 4 atom stereocenters. The number of aliphatic hydroxyl groups excluding tert-OH is 1. The van der Waals surface area contributed by atoms with E-state index in [1.807, 2.05) is 19.9 Å². The van der Waals surface area contributed by atoms with Gasteiger partial charge in [0.1, 0.15) is 18.7 Å². The molecule has 40 heavy (non-hydrogen) atoms. The van der Waals surface area contributed by atoms with Gasteiger partial charge in [0.2, 0.25) is 17.7 Å². The smallest absolute Gasteiger partial charge is 0.408 e. The summed E-state index contributed by atoms with van der Waals surface area (Å²) >= 11 is 0. The molecule has 12 heteroatoms. The van der Waals surface area contributed by atoms with Crippen molar-refractivity contribution in [2.45, 2.75) is 64.8 Å². The third kappa shape index (κ3) is 11.4. The number of esters is 1. The zero-order valence-electron chi connectivity index (χ0n) is 23.2. The van der Waals surface area contributed by atoms with Crippen molar-refractivity contribution in [2.24, 2.45) is 11.8 Å². The quantitative estimate of drug-likeness (QED) is 0.156. The molecule has 0 radical (unpaired) electrons. The van der Waals surface area contributed by atoms with Gasteiger partial charge < -0.3 is 35.8 Å². The zero-order chi connectivity index (χ0) is 29.5. The largest absolute Gasteiger partial charge is 0.463 e. The highest BCUT2D eigenvalue weighted by molar-refractivity contribution is 5.91. The number of hydrogen-bond donors (Lipinski definition) is 5. The number of hydrogen-bond acceptors (Lipinski definition) is 8. The van der Waals surface area contributed by atoms with E-state index >= 15 is 0 Å². The Hall–Kier alpha value is -3.93. The van der Waals surface area contributed by atoms with Crippen molar-refractivity contribution in [2.75, 3.05) is 19.8 Å². The Balaban J connectivity index is 2.05. The third-order valence-electron chi connectivity index (χ3n) is 6.12. The first-order valence-electron chi connectivity index (χ1n) is 13.4. The lowest BCUT2D eigenvalue weighted by Gasteiger charge is -2.25. The number of carbonyl (C=O) groups excluding carboxylic acids is 5. The fraction of sp³-hybridized carbons (Fsp3) is 0.536. The molecule has 0 aromatic heterocycles. The molecular formula is C28H40N4O8. The number of aliphatic hydroxyl groups is 1. The van der Waals surface area contributed by atoms with Crippen LogP contribution in [0, 0.1) is 11.8 Å². The Labute approximate surface area is 234 Å². The highest BCUT2D eigenvalue weighted by Crippen LogP contribution is 2.17. The van der Waals surface area contributed by atoms with E-state index in [-0.39, 0.29) is 43.8 Å². The van der Waals surface area contributed by atoms with Crippen LogP contribution in [0.3, 0.4) is 0 Å². The van der Waals surface area contributed by atoms with E-state index in [9.17, 15) is 29.1 Å². The van der Waals surface area contributed by atoms with E-state index in [4.69, 9.17) is 9.47 Å². The van der Waals surface area contributed by atoms with Gasteiger partial charge in [0.15, 0.2) is 0 Å². The van der Waals surface area contributed by atoms with Gasteiger partial charge in [-0.05, 0) is 37.7 Å². The molecule has 1 aromatic carbocycles. The van der Waals surface area contributed by atoms with Crippen LogP contribution in [0.15, 0.2) is 42.5 Å². The molecule has 1 aliphatic rings. The van der Waals surface area contributed by atoms with Crippen molar-refractivity contribution >= 4 is 29.8 Å². The normalized spacial score (nSPS) is 17.0. The first-order chi connectivity index (χ1) is 19.1. The van der Waals surface area contributed by atoms with E-state index in [1.54, 1.807) is 31.2 Å². The zero-order valence-corrected chi connectivity index (χ0v) is 23.2. The molecule has 220 valence electrons. The molecule has 12 nitrogen and oxygen atoms in total. The molecule has 2 rings (SSSR count). The molecule has 0 aliphatic carbocycles. The van der Waals surface area contributed by atoms with Crippen LogP contribution in [0.2, 0.25) is 0 Å². The number of benzene rings is 1. The molecule has 1 aromatic rings. The van der Waals surface area contributed by atoms with Crippen LogP contribution in [-0.2, 0) is 35.3 Å². The second-order valence-corrected chi connectivity index (χ2v) is 9.87. The maximum atomic E-state index is 13.3. The van der Waals surface area contributed by atoms with Crippen molar-refractivity contribution in [1.82, 2.24) is 21.3 Å². The van der Waals surface area contributed by atoms with Crippen molar-refractivity contribution in [3.63, 3.8) is 0 Å². The van der Waals surface area contributed by atoms with Gasteiger partial charge in [0, 0.05) is 24.6 Å². The molecule has 1 fully saturated rings. The minimum atomic E-state index is -1.35. The van der Waals surface area contributed by atoms with Gasteiger partial charge in [-0.2, -0.15) is 0 Å². The van der Waals surface area contributed by atoms with Crippen LogP contribution >= 0.6 is 0 Å². The topological polar surface area (TPSA) is 172 Å². The summed E-state index contributed by atoms with van der Waals surface area (Å²) < 4.78 is 10.0. The number of ether oxygens (including phenoxy) is 2. The number of alkyl carbamates (subject to hydrolysis) is 1. The van der Waals surface area contributed by atoms with E-state index < -0.39 is 48.6 Å². The molecule has 0 bridgehead atoms. The van der Waals surface area contributed by atoms with Crippen LogP contribution in [0.1, 0.15) is 45.6 Å². The van der Waals surface area contributed by atoms with Gasteiger partial charge >= 0.3 is 12.1 Å². The average Bonchev–Trinajstić information content (AvgIpc) is 3.33. The summed E-state index contributed by atoms with van der Waals surface area (Å²) in [6, 6.07) is 5.90. The lowest BCUT2D eigenvalue weighted by molar-refractivity contribution is -0.137. The number of nitrogens with one attached hydrogen (secondary N) is 4. The maximum Gasteiger partial charge on any atom is 0.408 e. The first-order valence-corrected chi connectivity index (χ1v) is 13.4. The molecule has 0 saturated carbocycles. The highest BCUT2D eigenvalue weighted by atomic mass is 16.5. The van der Waals surface area contributed by atoms with Crippen molar-refractivity contribution in [3.8, 4) is 0 Å². The standard InChI is InChI=1S/C28H40N4O8/c1-4-39-24(34)11-10-21(15-20-12-13-29-25(20)35)30-26(36)22(14-18(2)3)31-27(37)23(16-33)32-28(38)40-17-19-8-6-5-7-9-19/h5-11,18,20-23,33H,4,12-17H2,1-3H3,(H,29,35)(H,30,36)(H,31,37)(H,32,38)/t20-,21+,22-,23-/m0/s1. The summed E-state index contributed by atoms with van der Waals surface area (Å²) in [5, 5.41) is 20.2. The lowest BCUT2D eigenvalue weighted by atomic mass is 9.97. The second kappa shape index (κ2) is 16.9. The van der Waals surface area contributed by atoms with Crippen LogP contribution in [0.25, 0.3) is 0 Å². The van der Waals surface area contributed by atoms with Gasteiger partial charge in [0.05, 0.1) is 13.2 Å². The van der Waals surface area contributed by atoms with E-state index in [2.05, 4.69) is 21.3 Å². The highest BCUT2D eigenvalue weighted by Gasteiger charge is 2.31. The van der Waals surface area contributed by atoms with Gasteiger partial charge in [-0.15, -0.1) is 0 Å². The van der Waals surface area contributed by atoms with Gasteiger partial charge in [-0.25, -0.2) is 9.59 Å². The summed E-state index contributed by atoms with van der Waals surface area (Å²) in [7, 11) is 0. The molecule has 1 aliphatic heterocycles. The molecule has 1 saturated heterocycles. The van der Waals surface area contributed by atoms with E-state index in [1.165, 1.54) is 12.2 Å². The minimum Gasteiger partial charge on any atom is -0.463 e. The second-order valence-electron chi connectivity index (χ2n) is 9.87. The molecule has 5 N–H and O–H groups in total. The number of amides is 4. The molecule has 0 unspecified atom stereocenters. The lowest BCUT2D eigenvalue weighted by Crippen LogP contribution is -2.56. The van der Waals surface area contributed by atoms with Crippen LogP contribution < -0.4 is 21.3 Å². The third-order valence-corrected chi connectivity index (χ3v) is 6.12. The van der Waals surface area contributed by atoms with E-state index in [0.717, 1.165) is 5.56 Å².